The third kappa shape index (κ3) is 5.48. The predicted molar refractivity (Wildman–Crippen MR) is 136 cm³/mol. The van der Waals surface area contributed by atoms with Gasteiger partial charge in [0.2, 0.25) is 5.91 Å². The lowest BCUT2D eigenvalue weighted by molar-refractivity contribution is -0.131. The Kier molecular flexibility index (Phi) is 7.69. The maximum Gasteiger partial charge on any atom is 0.322 e. The molecule has 0 aliphatic carbocycles. The lowest BCUT2D eigenvalue weighted by Crippen LogP contribution is -2.47. The Balaban J connectivity index is 1.46. The van der Waals surface area contributed by atoms with Crippen LogP contribution in [0.2, 0.25) is 15.1 Å². The summed E-state index contributed by atoms with van der Waals surface area (Å²) >= 11 is 18.3. The number of nitrogens with one attached hydrogen (secondary N) is 2. The van der Waals surface area contributed by atoms with Gasteiger partial charge in [0.05, 0.1) is 23.9 Å². The number of benzene rings is 2. The normalized spacial score (nSPS) is 17.4. The molecular weight excluding hydrogens is 511 g/mol. The topological polar surface area (TPSA) is 81.8 Å². The van der Waals surface area contributed by atoms with Crippen LogP contribution < -0.4 is 10.6 Å². The first-order valence-electron chi connectivity index (χ1n) is 11.0. The first-order chi connectivity index (χ1) is 16.8. The SMILES string of the molecule is C=CCN1C(=O)N[C@H](c2cccc(Cl)c2)C2=C1CN(CC(=O)NCCc1ccc(Cl)cc1Cl)C2=O. The molecule has 10 heteroatoms. The van der Waals surface area contributed by atoms with E-state index in [0.29, 0.717) is 44.9 Å². The van der Waals surface area contributed by atoms with Crippen LogP contribution in [0.3, 0.4) is 0 Å². The molecule has 2 heterocycles. The molecule has 0 spiro atoms. The third-order valence-electron chi connectivity index (χ3n) is 5.86. The smallest absolute Gasteiger partial charge is 0.322 e. The summed E-state index contributed by atoms with van der Waals surface area (Å²) in [5.74, 6) is -0.618. The Morgan fingerprint density at radius 2 is 1.91 bits per heavy atom. The van der Waals surface area contributed by atoms with Crippen LogP contribution in [0.1, 0.15) is 17.2 Å². The summed E-state index contributed by atoms with van der Waals surface area (Å²) in [6.07, 6.45) is 2.11. The van der Waals surface area contributed by atoms with Gasteiger partial charge in [-0.15, -0.1) is 6.58 Å². The van der Waals surface area contributed by atoms with E-state index in [2.05, 4.69) is 17.2 Å². The van der Waals surface area contributed by atoms with Crippen molar-refractivity contribution in [2.75, 3.05) is 26.2 Å². The van der Waals surface area contributed by atoms with Gasteiger partial charge in [-0.2, -0.15) is 0 Å². The number of urea groups is 1. The van der Waals surface area contributed by atoms with Gasteiger partial charge in [-0.05, 0) is 41.8 Å². The van der Waals surface area contributed by atoms with Crippen molar-refractivity contribution >= 4 is 52.6 Å². The van der Waals surface area contributed by atoms with Crippen LogP contribution in [0.25, 0.3) is 0 Å². The van der Waals surface area contributed by atoms with E-state index >= 15 is 0 Å². The van der Waals surface area contributed by atoms with Gasteiger partial charge in [-0.25, -0.2) is 4.79 Å². The molecule has 0 aromatic heterocycles. The number of nitrogens with zero attached hydrogens (tertiary/aromatic N) is 2. The molecule has 2 aliphatic heterocycles. The zero-order chi connectivity index (χ0) is 25.1. The zero-order valence-corrected chi connectivity index (χ0v) is 21.0. The van der Waals surface area contributed by atoms with E-state index in [1.807, 2.05) is 6.07 Å². The highest BCUT2D eigenvalue weighted by molar-refractivity contribution is 6.35. The van der Waals surface area contributed by atoms with E-state index in [1.54, 1.807) is 42.5 Å². The number of hydrogen-bond donors (Lipinski definition) is 2. The minimum absolute atomic E-state index is 0.140. The van der Waals surface area contributed by atoms with E-state index in [1.165, 1.54) is 9.80 Å². The highest BCUT2D eigenvalue weighted by Gasteiger charge is 2.44. The third-order valence-corrected chi connectivity index (χ3v) is 6.68. The Morgan fingerprint density at radius 1 is 1.14 bits per heavy atom. The second-order valence-electron chi connectivity index (χ2n) is 8.19. The van der Waals surface area contributed by atoms with Crippen molar-refractivity contribution in [2.45, 2.75) is 12.5 Å². The summed E-state index contributed by atoms with van der Waals surface area (Å²) in [5.41, 5.74) is 2.54. The zero-order valence-electron chi connectivity index (χ0n) is 18.7. The van der Waals surface area contributed by atoms with Crippen LogP contribution >= 0.6 is 34.8 Å². The van der Waals surface area contributed by atoms with Crippen LogP contribution in [0.4, 0.5) is 4.79 Å². The van der Waals surface area contributed by atoms with E-state index in [-0.39, 0.29) is 37.5 Å². The summed E-state index contributed by atoms with van der Waals surface area (Å²) in [4.78, 5) is 41.8. The van der Waals surface area contributed by atoms with Gasteiger partial charge in [-0.3, -0.25) is 14.5 Å². The fourth-order valence-electron chi connectivity index (χ4n) is 4.22. The second kappa shape index (κ2) is 10.7. The molecule has 0 fully saturated rings. The van der Waals surface area contributed by atoms with Crippen molar-refractivity contribution in [3.63, 3.8) is 0 Å². The van der Waals surface area contributed by atoms with Crippen molar-refractivity contribution in [1.29, 1.82) is 0 Å². The first-order valence-corrected chi connectivity index (χ1v) is 12.1. The number of carbonyl (C=O) groups excluding carboxylic acids is 3. The monoisotopic (exact) mass is 532 g/mol. The number of hydrogen-bond acceptors (Lipinski definition) is 3. The average Bonchev–Trinajstić information content (AvgIpc) is 3.12. The van der Waals surface area contributed by atoms with Gasteiger partial charge in [0.1, 0.15) is 6.54 Å². The number of amides is 4. The minimum Gasteiger partial charge on any atom is -0.354 e. The van der Waals surface area contributed by atoms with Crippen LogP contribution in [-0.4, -0.2) is 53.8 Å². The van der Waals surface area contributed by atoms with Crippen molar-refractivity contribution < 1.29 is 14.4 Å². The molecule has 35 heavy (non-hydrogen) atoms. The summed E-state index contributed by atoms with van der Waals surface area (Å²) in [6, 6.07) is 11.2. The summed E-state index contributed by atoms with van der Waals surface area (Å²) in [7, 11) is 0. The van der Waals surface area contributed by atoms with Crippen LogP contribution in [0.15, 0.2) is 66.4 Å². The molecular formula is C25H23Cl3N4O3. The Morgan fingerprint density at radius 3 is 2.63 bits per heavy atom. The Labute approximate surface area is 218 Å². The molecule has 182 valence electrons. The average molecular weight is 534 g/mol. The molecule has 4 amide bonds. The summed E-state index contributed by atoms with van der Waals surface area (Å²) < 4.78 is 0. The van der Waals surface area contributed by atoms with E-state index in [9.17, 15) is 14.4 Å². The van der Waals surface area contributed by atoms with Gasteiger partial charge in [-0.1, -0.05) is 59.1 Å². The highest BCUT2D eigenvalue weighted by atomic mass is 35.5. The van der Waals surface area contributed by atoms with Crippen LogP contribution in [-0.2, 0) is 16.0 Å². The Hall–Kier alpha value is -3.00. The Bertz CT molecular complexity index is 1230. The van der Waals surface area contributed by atoms with Gasteiger partial charge in [0.25, 0.3) is 5.91 Å². The summed E-state index contributed by atoms with van der Waals surface area (Å²) in [6.45, 7) is 4.30. The molecule has 1 atom stereocenters. The molecule has 0 unspecified atom stereocenters. The largest absolute Gasteiger partial charge is 0.354 e. The van der Waals surface area contributed by atoms with Crippen LogP contribution in [0, 0.1) is 0 Å². The first kappa shape index (κ1) is 25.1. The van der Waals surface area contributed by atoms with E-state index in [0.717, 1.165) is 5.56 Å². The minimum atomic E-state index is -0.662. The van der Waals surface area contributed by atoms with Gasteiger partial charge in [0.15, 0.2) is 0 Å². The highest BCUT2D eigenvalue weighted by Crippen LogP contribution is 2.36. The number of halogens is 3. The molecule has 2 N–H and O–H groups in total. The molecule has 0 saturated heterocycles. The molecule has 0 radical (unpaired) electrons. The fraction of sp³-hybridized carbons (Fsp3) is 0.240. The fourth-order valence-corrected chi connectivity index (χ4v) is 4.93. The molecule has 0 saturated carbocycles. The quantitative estimate of drug-likeness (QED) is 0.495. The number of carbonyl (C=O) groups is 3. The van der Waals surface area contributed by atoms with E-state index in [4.69, 9.17) is 34.8 Å². The summed E-state index contributed by atoms with van der Waals surface area (Å²) in [5, 5.41) is 7.28. The van der Waals surface area contributed by atoms with Gasteiger partial charge >= 0.3 is 6.03 Å². The van der Waals surface area contributed by atoms with Gasteiger partial charge < -0.3 is 15.5 Å². The van der Waals surface area contributed by atoms with Crippen molar-refractivity contribution in [2.24, 2.45) is 0 Å². The standard InChI is InChI=1S/C25H23Cl3N4O3/c1-2-10-32-20-13-31(14-21(33)29-9-8-15-6-7-18(27)12-19(15)28)24(34)22(20)23(30-25(32)35)16-4-3-5-17(26)11-16/h2-7,11-12,23H,1,8-10,13-14H2,(H,29,33)(H,30,35)/t23-/m1/s1. The molecule has 7 nitrogen and oxygen atoms in total. The molecule has 2 aromatic rings. The second-order valence-corrected chi connectivity index (χ2v) is 9.47. The van der Waals surface area contributed by atoms with Crippen molar-refractivity contribution in [1.82, 2.24) is 20.4 Å². The lowest BCUT2D eigenvalue weighted by atomic mass is 9.95. The molecule has 4 rings (SSSR count). The molecule has 0 bridgehead atoms. The van der Waals surface area contributed by atoms with Crippen molar-refractivity contribution in [3.8, 4) is 0 Å². The van der Waals surface area contributed by atoms with Crippen molar-refractivity contribution in [3.05, 3.63) is 92.6 Å². The predicted octanol–water partition coefficient (Wildman–Crippen LogP) is 4.35. The lowest BCUT2D eigenvalue weighted by Gasteiger charge is -2.33. The maximum atomic E-state index is 13.4. The molecule has 2 aromatic carbocycles. The van der Waals surface area contributed by atoms with Gasteiger partial charge in [0, 0.05) is 28.2 Å². The maximum absolute atomic E-state index is 13.4. The van der Waals surface area contributed by atoms with Crippen LogP contribution in [0.5, 0.6) is 0 Å². The van der Waals surface area contributed by atoms with E-state index < -0.39 is 6.04 Å². The molecule has 2 aliphatic rings. The number of rotatable bonds is 8.